The first-order valence-corrected chi connectivity index (χ1v) is 7.50. The summed E-state index contributed by atoms with van der Waals surface area (Å²) in [7, 11) is 0. The Morgan fingerprint density at radius 1 is 1.47 bits per heavy atom. The summed E-state index contributed by atoms with van der Waals surface area (Å²) in [5.41, 5.74) is 2.71. The van der Waals surface area contributed by atoms with Gasteiger partial charge in [-0.25, -0.2) is 15.8 Å². The molecule has 2 rings (SSSR count). The molecule has 1 amide bonds. The van der Waals surface area contributed by atoms with Crippen LogP contribution in [0.15, 0.2) is 12.4 Å². The predicted molar refractivity (Wildman–Crippen MR) is 76.9 cm³/mol. The molecule has 1 saturated carbocycles. The molecule has 1 fully saturated rings. The molecule has 2 unspecified atom stereocenters. The van der Waals surface area contributed by atoms with E-state index in [2.05, 4.69) is 27.6 Å². The molecule has 2 atom stereocenters. The van der Waals surface area contributed by atoms with Crippen molar-refractivity contribution in [2.75, 3.05) is 11.2 Å². The number of aromatic nitrogens is 2. The Labute approximate surface area is 116 Å². The molecule has 0 aromatic carbocycles. The number of amides is 1. The summed E-state index contributed by atoms with van der Waals surface area (Å²) in [4.78, 5) is 20.1. The average molecular weight is 281 g/mol. The average Bonchev–Trinajstić information content (AvgIpc) is 2.86. The Morgan fingerprint density at radius 2 is 2.32 bits per heavy atom. The van der Waals surface area contributed by atoms with E-state index in [1.165, 1.54) is 25.2 Å². The van der Waals surface area contributed by atoms with Crippen LogP contribution in [0.2, 0.25) is 0 Å². The Kier molecular flexibility index (Phi) is 4.98. The lowest BCUT2D eigenvalue weighted by molar-refractivity contribution is 0.0933. The normalized spacial score (nSPS) is 22.2. The van der Waals surface area contributed by atoms with E-state index in [0.29, 0.717) is 16.8 Å². The van der Waals surface area contributed by atoms with Crippen molar-refractivity contribution in [2.45, 2.75) is 37.5 Å². The van der Waals surface area contributed by atoms with E-state index in [1.54, 1.807) is 0 Å². The number of nitrogens with two attached hydrogens (primary N) is 1. The standard InChI is InChI=1S/C12H19N5OS/c1-2-19-10-5-3-4-8(10)16-12(18)9-6-15-11(17-13)7-14-9/h6-8,10H,2-5,13H2,1H3,(H,15,17)(H,16,18). The summed E-state index contributed by atoms with van der Waals surface area (Å²) in [6, 6.07) is 0.242. The molecule has 1 heterocycles. The molecule has 104 valence electrons. The van der Waals surface area contributed by atoms with Gasteiger partial charge in [-0.2, -0.15) is 11.8 Å². The van der Waals surface area contributed by atoms with Crippen LogP contribution in [0.1, 0.15) is 36.7 Å². The number of carbonyl (C=O) groups excluding carboxylic acids is 1. The number of hydrogen-bond donors (Lipinski definition) is 3. The first-order chi connectivity index (χ1) is 9.24. The minimum atomic E-state index is -0.162. The highest BCUT2D eigenvalue weighted by atomic mass is 32.2. The van der Waals surface area contributed by atoms with Gasteiger partial charge < -0.3 is 10.7 Å². The second kappa shape index (κ2) is 6.72. The van der Waals surface area contributed by atoms with E-state index in [-0.39, 0.29) is 11.9 Å². The minimum absolute atomic E-state index is 0.162. The van der Waals surface area contributed by atoms with Crippen LogP contribution < -0.4 is 16.6 Å². The van der Waals surface area contributed by atoms with Crippen molar-refractivity contribution in [1.29, 1.82) is 0 Å². The van der Waals surface area contributed by atoms with E-state index < -0.39 is 0 Å². The molecule has 0 radical (unpaired) electrons. The number of nitrogens with zero attached hydrogens (tertiary/aromatic N) is 2. The van der Waals surface area contributed by atoms with Crippen molar-refractivity contribution in [1.82, 2.24) is 15.3 Å². The zero-order valence-corrected chi connectivity index (χ0v) is 11.7. The molecular formula is C12H19N5OS. The smallest absolute Gasteiger partial charge is 0.271 e. The fraction of sp³-hybridized carbons (Fsp3) is 0.583. The van der Waals surface area contributed by atoms with Crippen LogP contribution in [0.25, 0.3) is 0 Å². The largest absolute Gasteiger partial charge is 0.347 e. The number of nitrogens with one attached hydrogen (secondary N) is 2. The highest BCUT2D eigenvalue weighted by Crippen LogP contribution is 2.29. The lowest BCUT2D eigenvalue weighted by Gasteiger charge is -2.19. The van der Waals surface area contributed by atoms with Crippen LogP contribution in [0.3, 0.4) is 0 Å². The van der Waals surface area contributed by atoms with Crippen molar-refractivity contribution in [2.24, 2.45) is 5.84 Å². The number of carbonyl (C=O) groups is 1. The van der Waals surface area contributed by atoms with Crippen LogP contribution in [0, 0.1) is 0 Å². The lowest BCUT2D eigenvalue weighted by atomic mass is 10.2. The predicted octanol–water partition coefficient (Wildman–Crippen LogP) is 1.17. The minimum Gasteiger partial charge on any atom is -0.347 e. The molecule has 19 heavy (non-hydrogen) atoms. The van der Waals surface area contributed by atoms with Crippen LogP contribution in [0.5, 0.6) is 0 Å². The van der Waals surface area contributed by atoms with Crippen molar-refractivity contribution < 1.29 is 4.79 Å². The van der Waals surface area contributed by atoms with Crippen LogP contribution >= 0.6 is 11.8 Å². The van der Waals surface area contributed by atoms with Gasteiger partial charge in [0.05, 0.1) is 12.4 Å². The van der Waals surface area contributed by atoms with Gasteiger partial charge in [-0.1, -0.05) is 13.3 Å². The van der Waals surface area contributed by atoms with Gasteiger partial charge in [-0.05, 0) is 18.6 Å². The molecule has 0 aliphatic heterocycles. The summed E-state index contributed by atoms with van der Waals surface area (Å²) in [6.07, 6.45) is 6.26. The lowest BCUT2D eigenvalue weighted by Crippen LogP contribution is -2.39. The Morgan fingerprint density at radius 3 is 2.95 bits per heavy atom. The molecule has 7 heteroatoms. The second-order valence-corrected chi connectivity index (χ2v) is 5.95. The maximum absolute atomic E-state index is 12.1. The van der Waals surface area contributed by atoms with E-state index >= 15 is 0 Å². The summed E-state index contributed by atoms with van der Waals surface area (Å²) in [5, 5.41) is 3.57. The fourth-order valence-corrected chi connectivity index (χ4v) is 3.46. The number of nitrogen functional groups attached to an aromatic ring is 1. The van der Waals surface area contributed by atoms with Crippen molar-refractivity contribution in [3.05, 3.63) is 18.1 Å². The van der Waals surface area contributed by atoms with Crippen molar-refractivity contribution in [3.63, 3.8) is 0 Å². The Bertz CT molecular complexity index is 425. The molecule has 1 aliphatic rings. The van der Waals surface area contributed by atoms with Gasteiger partial charge in [-0.3, -0.25) is 4.79 Å². The third kappa shape index (κ3) is 3.57. The zero-order chi connectivity index (χ0) is 13.7. The van der Waals surface area contributed by atoms with Gasteiger partial charge in [0.15, 0.2) is 5.82 Å². The molecule has 1 aliphatic carbocycles. The van der Waals surface area contributed by atoms with Crippen LogP contribution in [-0.4, -0.2) is 32.9 Å². The molecule has 0 spiro atoms. The zero-order valence-electron chi connectivity index (χ0n) is 10.9. The monoisotopic (exact) mass is 281 g/mol. The second-order valence-electron chi connectivity index (χ2n) is 4.44. The molecule has 0 saturated heterocycles. The highest BCUT2D eigenvalue weighted by molar-refractivity contribution is 7.99. The van der Waals surface area contributed by atoms with Gasteiger partial charge in [0.2, 0.25) is 0 Å². The number of anilines is 1. The molecule has 0 bridgehead atoms. The van der Waals surface area contributed by atoms with Crippen molar-refractivity contribution in [3.8, 4) is 0 Å². The van der Waals surface area contributed by atoms with Gasteiger partial charge in [0.25, 0.3) is 5.91 Å². The first-order valence-electron chi connectivity index (χ1n) is 6.45. The highest BCUT2D eigenvalue weighted by Gasteiger charge is 2.28. The molecule has 1 aromatic rings. The van der Waals surface area contributed by atoms with Gasteiger partial charge in [0, 0.05) is 11.3 Å². The Hall–Kier alpha value is -1.34. The third-order valence-electron chi connectivity index (χ3n) is 3.18. The summed E-state index contributed by atoms with van der Waals surface area (Å²) in [5.74, 6) is 6.56. The molecule has 1 aromatic heterocycles. The van der Waals surface area contributed by atoms with Gasteiger partial charge in [0.1, 0.15) is 5.69 Å². The number of rotatable bonds is 5. The van der Waals surface area contributed by atoms with Crippen molar-refractivity contribution >= 4 is 23.5 Å². The molecule has 4 N–H and O–H groups in total. The van der Waals surface area contributed by atoms with E-state index in [0.717, 1.165) is 12.2 Å². The maximum Gasteiger partial charge on any atom is 0.271 e. The summed E-state index contributed by atoms with van der Waals surface area (Å²) < 4.78 is 0. The fourth-order valence-electron chi connectivity index (χ4n) is 2.27. The number of hydrogen-bond acceptors (Lipinski definition) is 6. The number of thioether (sulfide) groups is 1. The topological polar surface area (TPSA) is 92.9 Å². The SMILES string of the molecule is CCSC1CCCC1NC(=O)c1cnc(NN)cn1. The maximum atomic E-state index is 12.1. The van der Waals surface area contributed by atoms with Gasteiger partial charge in [-0.15, -0.1) is 0 Å². The quantitative estimate of drug-likeness (QED) is 0.554. The van der Waals surface area contributed by atoms with Gasteiger partial charge >= 0.3 is 0 Å². The van der Waals surface area contributed by atoms with E-state index in [1.807, 2.05) is 11.8 Å². The first kappa shape index (κ1) is 14.1. The van der Waals surface area contributed by atoms with Crippen LogP contribution in [-0.2, 0) is 0 Å². The Balaban J connectivity index is 1.95. The number of hydrazine groups is 1. The van der Waals surface area contributed by atoms with E-state index in [9.17, 15) is 4.79 Å². The third-order valence-corrected chi connectivity index (χ3v) is 4.51. The van der Waals surface area contributed by atoms with E-state index in [4.69, 9.17) is 5.84 Å². The molecule has 6 nitrogen and oxygen atoms in total. The van der Waals surface area contributed by atoms with Crippen LogP contribution in [0.4, 0.5) is 5.82 Å². The summed E-state index contributed by atoms with van der Waals surface area (Å²) in [6.45, 7) is 2.14. The molecular weight excluding hydrogens is 262 g/mol. The summed E-state index contributed by atoms with van der Waals surface area (Å²) >= 11 is 1.91.